The molecule has 0 saturated carbocycles. The van der Waals surface area contributed by atoms with Crippen molar-refractivity contribution >= 4 is 27.3 Å². The van der Waals surface area contributed by atoms with Crippen molar-refractivity contribution in [3.05, 3.63) is 39.6 Å². The van der Waals surface area contributed by atoms with Crippen molar-refractivity contribution in [1.82, 2.24) is 14.7 Å². The Morgan fingerprint density at radius 1 is 1.26 bits per heavy atom. The van der Waals surface area contributed by atoms with E-state index in [1.165, 1.54) is 18.3 Å². The van der Waals surface area contributed by atoms with Gasteiger partial charge in [0.15, 0.2) is 0 Å². The molecule has 0 atom stereocenters. The van der Waals surface area contributed by atoms with Gasteiger partial charge in [0.2, 0.25) is 10.0 Å². The molecule has 2 rings (SSSR count). The fourth-order valence-corrected chi connectivity index (χ4v) is 4.20. The highest BCUT2D eigenvalue weighted by Crippen LogP contribution is 2.27. The predicted molar refractivity (Wildman–Crippen MR) is 86.1 cm³/mol. The molecule has 0 radical (unpaired) electrons. The second kappa shape index (κ2) is 5.99. The number of carboxylic acids is 1. The molecule has 2 N–H and O–H groups in total. The molecule has 0 bridgehead atoms. The van der Waals surface area contributed by atoms with Crippen molar-refractivity contribution in [3.8, 4) is 0 Å². The average molecular weight is 355 g/mol. The summed E-state index contributed by atoms with van der Waals surface area (Å²) in [6.07, 6.45) is 2.82. The number of aromatic carboxylic acids is 1. The second-order valence-corrected chi connectivity index (χ2v) is 8.53. The third-order valence-corrected chi connectivity index (χ3v) is 6.01. The summed E-state index contributed by atoms with van der Waals surface area (Å²) < 4.78 is 27.6. The highest BCUT2D eigenvalue weighted by Gasteiger charge is 2.31. The van der Waals surface area contributed by atoms with Gasteiger partial charge in [-0.25, -0.2) is 18.2 Å². The lowest BCUT2D eigenvalue weighted by molar-refractivity contribution is 0.0695. The molecular weight excluding hydrogens is 338 g/mol. The second-order valence-electron chi connectivity index (χ2n) is 5.62. The Hall–Kier alpha value is -1.84. The van der Waals surface area contributed by atoms with Gasteiger partial charge in [0.1, 0.15) is 9.90 Å². The molecular formula is C14H17N3O4S2. The highest BCUT2D eigenvalue weighted by atomic mass is 32.2. The number of nitrogens with zero attached hydrogens (tertiary/aromatic N) is 2. The van der Waals surface area contributed by atoms with E-state index < -0.39 is 21.5 Å². The van der Waals surface area contributed by atoms with Crippen molar-refractivity contribution in [3.63, 3.8) is 0 Å². The van der Waals surface area contributed by atoms with Crippen LogP contribution in [-0.2, 0) is 15.6 Å². The minimum atomic E-state index is -3.94. The summed E-state index contributed by atoms with van der Waals surface area (Å²) in [4.78, 5) is 20.0. The van der Waals surface area contributed by atoms with Gasteiger partial charge in [-0.3, -0.25) is 4.98 Å². The minimum Gasteiger partial charge on any atom is -0.478 e. The molecule has 0 aromatic carbocycles. The van der Waals surface area contributed by atoms with Gasteiger partial charge in [0.05, 0.1) is 16.8 Å². The van der Waals surface area contributed by atoms with Gasteiger partial charge in [0, 0.05) is 17.3 Å². The lowest BCUT2D eigenvalue weighted by Gasteiger charge is -2.23. The van der Waals surface area contributed by atoms with Crippen LogP contribution in [0.2, 0.25) is 0 Å². The first-order valence-corrected chi connectivity index (χ1v) is 9.00. The maximum absolute atomic E-state index is 12.5. The van der Waals surface area contributed by atoms with Gasteiger partial charge in [0.25, 0.3) is 0 Å². The normalized spacial score (nSPS) is 12.3. The molecule has 0 amide bonds. The molecule has 2 aromatic rings. The molecule has 23 heavy (non-hydrogen) atoms. The Kier molecular flexibility index (Phi) is 4.56. The van der Waals surface area contributed by atoms with E-state index in [1.54, 1.807) is 20.0 Å². The van der Waals surface area contributed by atoms with E-state index in [0.717, 1.165) is 17.1 Å². The number of hydrogen-bond acceptors (Lipinski definition) is 6. The molecule has 0 aliphatic rings. The van der Waals surface area contributed by atoms with Crippen LogP contribution in [0.1, 0.15) is 39.8 Å². The zero-order chi connectivity index (χ0) is 17.4. The van der Waals surface area contributed by atoms with E-state index in [9.17, 15) is 13.2 Å². The maximum atomic E-state index is 12.5. The third-order valence-electron chi connectivity index (χ3n) is 3.15. The first kappa shape index (κ1) is 17.5. The number of aromatic nitrogens is 2. The Morgan fingerprint density at radius 2 is 1.91 bits per heavy atom. The van der Waals surface area contributed by atoms with Gasteiger partial charge >= 0.3 is 5.97 Å². The molecule has 2 heterocycles. The first-order chi connectivity index (χ1) is 10.5. The predicted octanol–water partition coefficient (Wildman–Crippen LogP) is 2.07. The number of sulfonamides is 1. The van der Waals surface area contributed by atoms with Crippen LogP contribution in [-0.4, -0.2) is 29.5 Å². The Balaban J connectivity index is 2.39. The number of carboxylic acid groups (broad SMARTS) is 1. The van der Waals surface area contributed by atoms with Crippen LogP contribution in [0.3, 0.4) is 0 Å². The monoisotopic (exact) mass is 355 g/mol. The molecule has 0 spiro atoms. The number of hydrogen-bond donors (Lipinski definition) is 2. The van der Waals surface area contributed by atoms with Gasteiger partial charge in [-0.15, -0.1) is 11.3 Å². The molecule has 2 aromatic heterocycles. The highest BCUT2D eigenvalue weighted by molar-refractivity contribution is 7.89. The number of aryl methyl sites for hydroxylation is 2. The number of thiazole rings is 1. The van der Waals surface area contributed by atoms with E-state index in [1.807, 2.05) is 6.92 Å². The summed E-state index contributed by atoms with van der Waals surface area (Å²) in [5, 5.41) is 9.73. The van der Waals surface area contributed by atoms with Crippen molar-refractivity contribution < 1.29 is 18.3 Å². The van der Waals surface area contributed by atoms with Crippen molar-refractivity contribution in [2.75, 3.05) is 0 Å². The van der Waals surface area contributed by atoms with Crippen LogP contribution in [0, 0.1) is 13.8 Å². The zero-order valence-electron chi connectivity index (χ0n) is 13.1. The topological polar surface area (TPSA) is 109 Å². The van der Waals surface area contributed by atoms with Gasteiger partial charge in [-0.1, -0.05) is 0 Å². The number of carbonyl (C=O) groups is 1. The van der Waals surface area contributed by atoms with Gasteiger partial charge in [-0.05, 0) is 33.8 Å². The number of pyridine rings is 1. The van der Waals surface area contributed by atoms with Crippen molar-refractivity contribution in [1.29, 1.82) is 0 Å². The van der Waals surface area contributed by atoms with E-state index in [4.69, 9.17) is 5.11 Å². The van der Waals surface area contributed by atoms with E-state index in [2.05, 4.69) is 14.7 Å². The van der Waals surface area contributed by atoms with E-state index in [0.29, 0.717) is 5.01 Å². The molecule has 0 fully saturated rings. The molecule has 9 heteroatoms. The SMILES string of the molecule is Cc1cnc(C(C)(C)NS(=O)(=O)c2cnc(C)c(C(=O)O)c2)s1. The number of rotatable bonds is 5. The van der Waals surface area contributed by atoms with E-state index >= 15 is 0 Å². The summed E-state index contributed by atoms with van der Waals surface area (Å²) in [5.41, 5.74) is -0.812. The maximum Gasteiger partial charge on any atom is 0.337 e. The van der Waals surface area contributed by atoms with Crippen molar-refractivity contribution in [2.24, 2.45) is 0 Å². The lowest BCUT2D eigenvalue weighted by Crippen LogP contribution is -2.40. The summed E-state index contributed by atoms with van der Waals surface area (Å²) in [7, 11) is -3.94. The fraction of sp³-hybridized carbons (Fsp3) is 0.357. The Bertz CT molecular complexity index is 857. The lowest BCUT2D eigenvalue weighted by atomic mass is 10.1. The van der Waals surface area contributed by atoms with Crippen molar-refractivity contribution in [2.45, 2.75) is 38.1 Å². The van der Waals surface area contributed by atoms with Crippen LogP contribution < -0.4 is 4.72 Å². The molecule has 124 valence electrons. The molecule has 0 aliphatic carbocycles. The summed E-state index contributed by atoms with van der Waals surface area (Å²) in [6.45, 7) is 6.79. The fourth-order valence-electron chi connectivity index (χ4n) is 1.96. The average Bonchev–Trinajstić information content (AvgIpc) is 2.85. The quantitative estimate of drug-likeness (QED) is 0.850. The van der Waals surface area contributed by atoms with Crippen LogP contribution in [0.4, 0.5) is 0 Å². The Morgan fingerprint density at radius 3 is 2.43 bits per heavy atom. The first-order valence-electron chi connectivity index (χ1n) is 6.70. The van der Waals surface area contributed by atoms with Crippen LogP contribution >= 0.6 is 11.3 Å². The Labute approximate surface area is 138 Å². The molecule has 7 nitrogen and oxygen atoms in total. The minimum absolute atomic E-state index is 0.143. The largest absolute Gasteiger partial charge is 0.478 e. The molecule has 0 aliphatic heterocycles. The van der Waals surface area contributed by atoms with Gasteiger partial charge in [-0.2, -0.15) is 4.72 Å². The number of nitrogens with one attached hydrogen (secondary N) is 1. The zero-order valence-corrected chi connectivity index (χ0v) is 14.7. The summed E-state index contributed by atoms with van der Waals surface area (Å²) in [6, 6.07) is 1.11. The third kappa shape index (κ3) is 3.74. The molecule has 0 saturated heterocycles. The molecule has 0 unspecified atom stereocenters. The van der Waals surface area contributed by atoms with Crippen LogP contribution in [0.25, 0.3) is 0 Å². The standard InChI is InChI=1S/C14H17N3O4S2/c1-8-6-16-13(22-8)14(3,4)17-23(20,21)10-5-11(12(18)19)9(2)15-7-10/h5-7,17H,1-4H3,(H,18,19). The van der Waals surface area contributed by atoms with Gasteiger partial charge < -0.3 is 5.11 Å². The smallest absolute Gasteiger partial charge is 0.337 e. The van der Waals surface area contributed by atoms with E-state index in [-0.39, 0.29) is 16.2 Å². The summed E-state index contributed by atoms with van der Waals surface area (Å²) in [5.74, 6) is -1.22. The summed E-state index contributed by atoms with van der Waals surface area (Å²) >= 11 is 1.39. The van der Waals surface area contributed by atoms with Crippen LogP contribution in [0.5, 0.6) is 0 Å². The van der Waals surface area contributed by atoms with Crippen LogP contribution in [0.15, 0.2) is 23.4 Å².